The van der Waals surface area contributed by atoms with E-state index in [-0.39, 0.29) is 13.2 Å². The first-order valence-corrected chi connectivity index (χ1v) is 7.19. The van der Waals surface area contributed by atoms with Gasteiger partial charge in [0.25, 0.3) is 5.91 Å². The van der Waals surface area contributed by atoms with Gasteiger partial charge in [-0.2, -0.15) is 5.10 Å². The molecule has 0 saturated heterocycles. The van der Waals surface area contributed by atoms with Crippen molar-refractivity contribution in [1.29, 1.82) is 0 Å². The third kappa shape index (κ3) is 4.54. The lowest BCUT2D eigenvalue weighted by Crippen LogP contribution is -2.37. The van der Waals surface area contributed by atoms with E-state index in [1.165, 1.54) is 22.9 Å². The van der Waals surface area contributed by atoms with Crippen LogP contribution in [-0.4, -0.2) is 58.5 Å². The smallest absolute Gasteiger partial charge is 0.323 e. The van der Waals surface area contributed by atoms with Crippen LogP contribution in [0.5, 0.6) is 0 Å². The van der Waals surface area contributed by atoms with Crippen molar-refractivity contribution in [3.05, 3.63) is 47.2 Å². The van der Waals surface area contributed by atoms with Crippen molar-refractivity contribution in [3.8, 4) is 5.69 Å². The van der Waals surface area contributed by atoms with Crippen LogP contribution >= 0.6 is 11.6 Å². The van der Waals surface area contributed by atoms with Gasteiger partial charge in [0.1, 0.15) is 6.54 Å². The molecule has 0 aliphatic heterocycles. The fourth-order valence-corrected chi connectivity index (χ4v) is 2.09. The van der Waals surface area contributed by atoms with E-state index in [2.05, 4.69) is 5.10 Å². The van der Waals surface area contributed by atoms with Gasteiger partial charge in [0.05, 0.1) is 24.1 Å². The molecule has 0 fully saturated rings. The molecule has 2 aromatic rings. The van der Waals surface area contributed by atoms with E-state index in [1.54, 1.807) is 30.5 Å². The van der Waals surface area contributed by atoms with Crippen molar-refractivity contribution >= 4 is 23.5 Å². The van der Waals surface area contributed by atoms with Gasteiger partial charge in [0, 0.05) is 24.9 Å². The van der Waals surface area contributed by atoms with Gasteiger partial charge in [-0.05, 0) is 24.3 Å². The molecule has 1 heterocycles. The maximum Gasteiger partial charge on any atom is 0.323 e. The summed E-state index contributed by atoms with van der Waals surface area (Å²) in [4.78, 5) is 24.5. The highest BCUT2D eigenvalue weighted by molar-refractivity contribution is 6.30. The van der Waals surface area contributed by atoms with Gasteiger partial charge < -0.3 is 14.7 Å². The van der Waals surface area contributed by atoms with Crippen LogP contribution in [0.3, 0.4) is 0 Å². The molecule has 1 N–H and O–H groups in total. The molecule has 0 saturated carbocycles. The van der Waals surface area contributed by atoms with Crippen molar-refractivity contribution in [2.75, 3.05) is 26.8 Å². The van der Waals surface area contributed by atoms with Crippen LogP contribution in [0.4, 0.5) is 0 Å². The second-order valence-electron chi connectivity index (χ2n) is 4.76. The van der Waals surface area contributed by atoms with Crippen LogP contribution in [0.1, 0.15) is 10.4 Å². The fraction of sp³-hybridized carbons (Fsp3) is 0.267. The van der Waals surface area contributed by atoms with Crippen LogP contribution < -0.4 is 0 Å². The predicted molar refractivity (Wildman–Crippen MR) is 84.0 cm³/mol. The summed E-state index contributed by atoms with van der Waals surface area (Å²) in [7, 11) is 1.49. The summed E-state index contributed by atoms with van der Waals surface area (Å²) in [6.45, 7) is 0.0480. The predicted octanol–water partition coefficient (Wildman–Crippen LogP) is 1.70. The summed E-state index contributed by atoms with van der Waals surface area (Å²) in [5.74, 6) is -1.50. The van der Waals surface area contributed by atoms with Crippen molar-refractivity contribution in [2.45, 2.75) is 0 Å². The number of halogens is 1. The summed E-state index contributed by atoms with van der Waals surface area (Å²) in [6.07, 6.45) is 2.95. The van der Waals surface area contributed by atoms with E-state index in [9.17, 15) is 9.59 Å². The van der Waals surface area contributed by atoms with Gasteiger partial charge in [-0.1, -0.05) is 11.6 Å². The Morgan fingerprint density at radius 2 is 2.04 bits per heavy atom. The number of rotatable bonds is 7. The molecule has 0 aliphatic rings. The maximum absolute atomic E-state index is 12.4. The highest BCUT2D eigenvalue weighted by atomic mass is 35.5. The van der Waals surface area contributed by atoms with Crippen LogP contribution in [0.2, 0.25) is 5.02 Å². The lowest BCUT2D eigenvalue weighted by molar-refractivity contribution is -0.137. The SMILES string of the molecule is COCCN(CC(=O)O)C(=O)c1cnn(-c2ccc(Cl)cc2)c1. The standard InChI is InChI=1S/C15H16ClN3O4/c1-23-7-6-18(10-14(20)21)15(22)11-8-17-19(9-11)13-4-2-12(16)3-5-13/h2-5,8-9H,6-7,10H2,1H3,(H,20,21). The second kappa shape index (κ2) is 7.75. The zero-order chi connectivity index (χ0) is 16.8. The normalized spacial score (nSPS) is 10.5. The number of ether oxygens (including phenoxy) is 1. The number of methoxy groups -OCH3 is 1. The zero-order valence-electron chi connectivity index (χ0n) is 12.5. The Kier molecular flexibility index (Phi) is 5.72. The van der Waals surface area contributed by atoms with Crippen LogP contribution in [0, 0.1) is 0 Å². The van der Waals surface area contributed by atoms with Gasteiger partial charge >= 0.3 is 5.97 Å². The number of carboxylic acids is 1. The van der Waals surface area contributed by atoms with Gasteiger partial charge in [0.2, 0.25) is 0 Å². The molecule has 7 nitrogen and oxygen atoms in total. The fourth-order valence-electron chi connectivity index (χ4n) is 1.97. The Labute approximate surface area is 138 Å². The average molecular weight is 338 g/mol. The van der Waals surface area contributed by atoms with Crippen molar-refractivity contribution in [2.24, 2.45) is 0 Å². The molecule has 0 aliphatic carbocycles. The Bertz CT molecular complexity index is 684. The number of carboxylic acid groups (broad SMARTS) is 1. The number of carbonyl (C=O) groups excluding carboxylic acids is 1. The zero-order valence-corrected chi connectivity index (χ0v) is 13.2. The quantitative estimate of drug-likeness (QED) is 0.831. The molecule has 0 radical (unpaired) electrons. The van der Waals surface area contributed by atoms with E-state index in [1.807, 2.05) is 0 Å². The largest absolute Gasteiger partial charge is 0.480 e. The summed E-state index contributed by atoms with van der Waals surface area (Å²) in [5.41, 5.74) is 1.05. The number of aromatic nitrogens is 2. The molecule has 8 heteroatoms. The van der Waals surface area contributed by atoms with E-state index >= 15 is 0 Å². The molecule has 0 spiro atoms. The average Bonchev–Trinajstić information content (AvgIpc) is 3.01. The first kappa shape index (κ1) is 17.0. The highest BCUT2D eigenvalue weighted by Gasteiger charge is 2.20. The second-order valence-corrected chi connectivity index (χ2v) is 5.20. The van der Waals surface area contributed by atoms with Gasteiger partial charge in [0.15, 0.2) is 0 Å². The molecular formula is C15H16ClN3O4. The Balaban J connectivity index is 2.17. The van der Waals surface area contributed by atoms with Crippen LogP contribution in [0.15, 0.2) is 36.7 Å². The molecule has 0 bridgehead atoms. The summed E-state index contributed by atoms with van der Waals surface area (Å²) in [6, 6.07) is 6.97. The van der Waals surface area contributed by atoms with E-state index in [0.717, 1.165) is 5.69 Å². The van der Waals surface area contributed by atoms with Gasteiger partial charge in [-0.25, -0.2) is 4.68 Å². The number of amides is 1. The van der Waals surface area contributed by atoms with Crippen LogP contribution in [0.25, 0.3) is 5.69 Å². The summed E-state index contributed by atoms with van der Waals surface area (Å²) >= 11 is 5.84. The minimum atomic E-state index is -1.08. The molecule has 1 aromatic carbocycles. The van der Waals surface area contributed by atoms with Crippen LogP contribution in [-0.2, 0) is 9.53 Å². The number of carbonyl (C=O) groups is 2. The number of nitrogens with zero attached hydrogens (tertiary/aromatic N) is 3. The van der Waals surface area contributed by atoms with Gasteiger partial charge in [-0.3, -0.25) is 9.59 Å². The Hall–Kier alpha value is -2.38. The molecule has 23 heavy (non-hydrogen) atoms. The van der Waals surface area contributed by atoms with E-state index in [0.29, 0.717) is 10.6 Å². The molecule has 1 amide bonds. The maximum atomic E-state index is 12.4. The molecule has 1 aromatic heterocycles. The Morgan fingerprint density at radius 1 is 1.35 bits per heavy atom. The van der Waals surface area contributed by atoms with E-state index < -0.39 is 18.4 Å². The van der Waals surface area contributed by atoms with Crippen molar-refractivity contribution in [3.63, 3.8) is 0 Å². The topological polar surface area (TPSA) is 84.7 Å². The monoisotopic (exact) mass is 337 g/mol. The first-order valence-electron chi connectivity index (χ1n) is 6.82. The molecule has 122 valence electrons. The Morgan fingerprint density at radius 3 is 2.65 bits per heavy atom. The number of hydrogen-bond donors (Lipinski definition) is 1. The number of benzene rings is 1. The molecule has 0 unspecified atom stereocenters. The first-order chi connectivity index (χ1) is 11.0. The van der Waals surface area contributed by atoms with Gasteiger partial charge in [-0.15, -0.1) is 0 Å². The third-order valence-corrected chi connectivity index (χ3v) is 3.35. The molecule has 2 rings (SSSR count). The lowest BCUT2D eigenvalue weighted by atomic mass is 10.3. The lowest BCUT2D eigenvalue weighted by Gasteiger charge is -2.19. The van der Waals surface area contributed by atoms with Crippen molar-refractivity contribution < 1.29 is 19.4 Å². The molecular weight excluding hydrogens is 322 g/mol. The highest BCUT2D eigenvalue weighted by Crippen LogP contribution is 2.14. The summed E-state index contributed by atoms with van der Waals surface area (Å²) < 4.78 is 6.43. The van der Waals surface area contributed by atoms with E-state index in [4.69, 9.17) is 21.4 Å². The number of hydrogen-bond acceptors (Lipinski definition) is 4. The minimum absolute atomic E-state index is 0.188. The summed E-state index contributed by atoms with van der Waals surface area (Å²) in [5, 5.41) is 13.6. The molecule has 0 atom stereocenters. The minimum Gasteiger partial charge on any atom is -0.480 e. The van der Waals surface area contributed by atoms with Crippen molar-refractivity contribution in [1.82, 2.24) is 14.7 Å². The number of aliphatic carboxylic acids is 1. The third-order valence-electron chi connectivity index (χ3n) is 3.10.